The summed E-state index contributed by atoms with van der Waals surface area (Å²) in [5, 5.41) is 0. The van der Waals surface area contributed by atoms with Crippen LogP contribution in [0.15, 0.2) is 42.9 Å². The molecule has 0 aliphatic heterocycles. The third-order valence-electron chi connectivity index (χ3n) is 2.55. The SMILES string of the molecule is C[C@H](OC(=O)c1cnccn1)C(=O)c1ccc(F)cc1. The Hall–Kier alpha value is -2.63. The number of hydrogen-bond donors (Lipinski definition) is 0. The highest BCUT2D eigenvalue weighted by molar-refractivity contribution is 6.01. The van der Waals surface area contributed by atoms with Gasteiger partial charge in [-0.1, -0.05) is 0 Å². The number of ketones is 1. The third kappa shape index (κ3) is 3.23. The fourth-order valence-electron chi connectivity index (χ4n) is 1.53. The second-order valence-corrected chi connectivity index (χ2v) is 4.01. The molecule has 0 amide bonds. The average Bonchev–Trinajstić information content (AvgIpc) is 2.48. The number of benzene rings is 1. The van der Waals surface area contributed by atoms with Gasteiger partial charge in [0.05, 0.1) is 6.20 Å². The molecular weight excluding hydrogens is 263 g/mol. The molecule has 0 saturated carbocycles. The molecule has 0 unspecified atom stereocenters. The first-order valence-corrected chi connectivity index (χ1v) is 5.84. The molecule has 0 saturated heterocycles. The molecule has 0 aliphatic carbocycles. The topological polar surface area (TPSA) is 69.2 Å². The lowest BCUT2D eigenvalue weighted by Crippen LogP contribution is -2.25. The molecule has 2 aromatic rings. The van der Waals surface area contributed by atoms with Crippen LogP contribution in [0.25, 0.3) is 0 Å². The Kier molecular flexibility index (Phi) is 4.14. The van der Waals surface area contributed by atoms with E-state index < -0.39 is 23.7 Å². The quantitative estimate of drug-likeness (QED) is 0.630. The number of hydrogen-bond acceptors (Lipinski definition) is 5. The lowest BCUT2D eigenvalue weighted by Gasteiger charge is -2.11. The van der Waals surface area contributed by atoms with E-state index in [1.807, 2.05) is 0 Å². The molecule has 0 N–H and O–H groups in total. The summed E-state index contributed by atoms with van der Waals surface area (Å²) >= 11 is 0. The predicted octanol–water partition coefficient (Wildman–Crippen LogP) is 2.04. The van der Waals surface area contributed by atoms with Crippen molar-refractivity contribution in [1.82, 2.24) is 9.97 Å². The number of ether oxygens (including phenoxy) is 1. The van der Waals surface area contributed by atoms with E-state index in [9.17, 15) is 14.0 Å². The van der Waals surface area contributed by atoms with Crippen molar-refractivity contribution in [2.45, 2.75) is 13.0 Å². The van der Waals surface area contributed by atoms with Crippen LogP contribution in [-0.2, 0) is 4.74 Å². The summed E-state index contributed by atoms with van der Waals surface area (Å²) in [6.45, 7) is 1.44. The van der Waals surface area contributed by atoms with Crippen molar-refractivity contribution in [2.24, 2.45) is 0 Å². The zero-order valence-electron chi connectivity index (χ0n) is 10.6. The van der Waals surface area contributed by atoms with Crippen LogP contribution in [0.2, 0.25) is 0 Å². The monoisotopic (exact) mass is 274 g/mol. The van der Waals surface area contributed by atoms with Crippen LogP contribution in [0.1, 0.15) is 27.8 Å². The highest BCUT2D eigenvalue weighted by Crippen LogP contribution is 2.09. The largest absolute Gasteiger partial charge is 0.449 e. The lowest BCUT2D eigenvalue weighted by molar-refractivity contribution is 0.0312. The van der Waals surface area contributed by atoms with Gasteiger partial charge < -0.3 is 4.74 Å². The molecule has 6 heteroatoms. The van der Waals surface area contributed by atoms with Crippen molar-refractivity contribution in [3.05, 3.63) is 59.9 Å². The standard InChI is InChI=1S/C14H11FN2O3/c1-9(13(18)10-2-4-11(15)5-3-10)20-14(19)12-8-16-6-7-17-12/h2-9H,1H3/t9-/m0/s1. The number of carbonyl (C=O) groups excluding carboxylic acids is 2. The maximum Gasteiger partial charge on any atom is 0.359 e. The van der Waals surface area contributed by atoms with Crippen LogP contribution in [0.5, 0.6) is 0 Å². The second-order valence-electron chi connectivity index (χ2n) is 4.01. The molecule has 0 bridgehead atoms. The molecule has 20 heavy (non-hydrogen) atoms. The van der Waals surface area contributed by atoms with E-state index in [0.717, 1.165) is 0 Å². The van der Waals surface area contributed by atoms with Crippen molar-refractivity contribution >= 4 is 11.8 Å². The van der Waals surface area contributed by atoms with E-state index >= 15 is 0 Å². The Morgan fingerprint density at radius 2 is 1.90 bits per heavy atom. The Bertz CT molecular complexity index is 614. The minimum Gasteiger partial charge on any atom is -0.449 e. The van der Waals surface area contributed by atoms with Gasteiger partial charge in [-0.3, -0.25) is 9.78 Å². The molecule has 0 spiro atoms. The fourth-order valence-corrected chi connectivity index (χ4v) is 1.53. The Balaban J connectivity index is 2.05. The zero-order valence-corrected chi connectivity index (χ0v) is 10.6. The van der Waals surface area contributed by atoms with E-state index in [-0.39, 0.29) is 11.3 Å². The van der Waals surface area contributed by atoms with Crippen molar-refractivity contribution in [3.63, 3.8) is 0 Å². The number of carbonyl (C=O) groups is 2. The van der Waals surface area contributed by atoms with Crippen LogP contribution in [0.3, 0.4) is 0 Å². The summed E-state index contributed by atoms with van der Waals surface area (Å²) in [5.41, 5.74) is 0.289. The molecule has 1 atom stereocenters. The molecule has 0 fully saturated rings. The van der Waals surface area contributed by atoms with E-state index in [1.54, 1.807) is 0 Å². The van der Waals surface area contributed by atoms with E-state index in [2.05, 4.69) is 9.97 Å². The fraction of sp³-hybridized carbons (Fsp3) is 0.143. The van der Waals surface area contributed by atoms with E-state index in [4.69, 9.17) is 4.74 Å². The van der Waals surface area contributed by atoms with Gasteiger partial charge in [0.2, 0.25) is 5.78 Å². The van der Waals surface area contributed by atoms with Gasteiger partial charge in [-0.25, -0.2) is 14.2 Å². The number of halogens is 1. The van der Waals surface area contributed by atoms with Crippen LogP contribution in [0.4, 0.5) is 4.39 Å². The Morgan fingerprint density at radius 1 is 1.20 bits per heavy atom. The minimum atomic E-state index is -0.991. The van der Waals surface area contributed by atoms with Gasteiger partial charge in [0.25, 0.3) is 0 Å². The summed E-state index contributed by atoms with van der Waals surface area (Å²) in [6.07, 6.45) is 3.03. The molecule has 102 valence electrons. The van der Waals surface area contributed by atoms with Gasteiger partial charge in [-0.05, 0) is 31.2 Å². The molecular formula is C14H11FN2O3. The summed E-state index contributed by atoms with van der Waals surface area (Å²) in [6, 6.07) is 5.02. The van der Waals surface area contributed by atoms with Gasteiger partial charge in [-0.2, -0.15) is 0 Å². The lowest BCUT2D eigenvalue weighted by atomic mass is 10.1. The normalized spacial score (nSPS) is 11.7. The number of nitrogens with zero attached hydrogens (tertiary/aromatic N) is 2. The summed E-state index contributed by atoms with van der Waals surface area (Å²) < 4.78 is 17.8. The molecule has 5 nitrogen and oxygen atoms in total. The van der Waals surface area contributed by atoms with Gasteiger partial charge in [0.15, 0.2) is 11.8 Å². The zero-order chi connectivity index (χ0) is 14.5. The van der Waals surface area contributed by atoms with Gasteiger partial charge >= 0.3 is 5.97 Å². The van der Waals surface area contributed by atoms with Gasteiger partial charge in [0.1, 0.15) is 5.82 Å². The van der Waals surface area contributed by atoms with Crippen LogP contribution in [0, 0.1) is 5.82 Å². The number of Topliss-reactive ketones (excluding diaryl/α,β-unsaturated/α-hetero) is 1. The molecule has 0 radical (unpaired) electrons. The molecule has 2 rings (SSSR count). The average molecular weight is 274 g/mol. The summed E-state index contributed by atoms with van der Waals surface area (Å²) in [7, 11) is 0. The highest BCUT2D eigenvalue weighted by atomic mass is 19.1. The van der Waals surface area contributed by atoms with Crippen LogP contribution in [-0.4, -0.2) is 27.8 Å². The smallest absolute Gasteiger partial charge is 0.359 e. The van der Waals surface area contributed by atoms with Crippen molar-refractivity contribution in [1.29, 1.82) is 0 Å². The maximum atomic E-state index is 12.8. The van der Waals surface area contributed by atoms with Crippen LogP contribution >= 0.6 is 0 Å². The second kappa shape index (κ2) is 6.01. The van der Waals surface area contributed by atoms with Gasteiger partial charge in [-0.15, -0.1) is 0 Å². The van der Waals surface area contributed by atoms with E-state index in [1.165, 1.54) is 49.8 Å². The third-order valence-corrected chi connectivity index (χ3v) is 2.55. The van der Waals surface area contributed by atoms with Crippen molar-refractivity contribution in [3.8, 4) is 0 Å². The molecule has 0 aliphatic rings. The first-order chi connectivity index (χ1) is 9.58. The first-order valence-electron chi connectivity index (χ1n) is 5.84. The van der Waals surface area contributed by atoms with Crippen molar-refractivity contribution < 1.29 is 18.7 Å². The maximum absolute atomic E-state index is 12.8. The molecule has 1 heterocycles. The van der Waals surface area contributed by atoms with Gasteiger partial charge in [0, 0.05) is 18.0 Å². The summed E-state index contributed by atoms with van der Waals surface area (Å²) in [5.74, 6) is -1.59. The van der Waals surface area contributed by atoms with Crippen LogP contribution < -0.4 is 0 Å². The molecule has 1 aromatic heterocycles. The Morgan fingerprint density at radius 3 is 2.50 bits per heavy atom. The van der Waals surface area contributed by atoms with Crippen molar-refractivity contribution in [2.75, 3.05) is 0 Å². The summed E-state index contributed by atoms with van der Waals surface area (Å²) in [4.78, 5) is 31.2. The predicted molar refractivity (Wildman–Crippen MR) is 67.6 cm³/mol. The minimum absolute atomic E-state index is 0.0197. The number of esters is 1. The number of rotatable bonds is 4. The first kappa shape index (κ1) is 13.8. The highest BCUT2D eigenvalue weighted by Gasteiger charge is 2.21. The Labute approximate surface area is 114 Å². The van der Waals surface area contributed by atoms with E-state index in [0.29, 0.717) is 0 Å². The molecule has 1 aromatic carbocycles. The number of aromatic nitrogens is 2.